The minimum atomic E-state index is -0.482. The number of aryl methyl sites for hydroxylation is 1. The van der Waals surface area contributed by atoms with Gasteiger partial charge in [0.1, 0.15) is 5.78 Å². The summed E-state index contributed by atoms with van der Waals surface area (Å²) in [4.78, 5) is 15.1. The van der Waals surface area contributed by atoms with E-state index in [1.54, 1.807) is 11.3 Å². The molecule has 0 aliphatic heterocycles. The zero-order valence-corrected chi connectivity index (χ0v) is 13.1. The Kier molecular flexibility index (Phi) is 4.29. The van der Waals surface area contributed by atoms with Crippen molar-refractivity contribution in [1.82, 2.24) is 0 Å². The van der Waals surface area contributed by atoms with Gasteiger partial charge in [-0.3, -0.25) is 4.79 Å². The number of Topliss-reactive ketones (excluding diaryl/α,β-unsaturated/α-hetero) is 1. The number of hydrogen-bond acceptors (Lipinski definition) is 3. The van der Waals surface area contributed by atoms with Crippen molar-refractivity contribution in [3.63, 3.8) is 0 Å². The van der Waals surface area contributed by atoms with E-state index in [1.165, 1.54) is 4.88 Å². The van der Waals surface area contributed by atoms with E-state index in [0.29, 0.717) is 6.42 Å². The minimum Gasteiger partial charge on any atom is -0.399 e. The van der Waals surface area contributed by atoms with E-state index < -0.39 is 5.41 Å². The van der Waals surface area contributed by atoms with Crippen molar-refractivity contribution in [2.45, 2.75) is 39.0 Å². The van der Waals surface area contributed by atoms with Gasteiger partial charge in [-0.15, -0.1) is 11.3 Å². The zero-order valence-electron chi connectivity index (χ0n) is 12.3. The third-order valence-corrected chi connectivity index (χ3v) is 4.96. The van der Waals surface area contributed by atoms with Crippen molar-refractivity contribution >= 4 is 22.8 Å². The van der Waals surface area contributed by atoms with E-state index >= 15 is 0 Å². The van der Waals surface area contributed by atoms with E-state index in [1.807, 2.05) is 38.1 Å². The Balaban J connectivity index is 2.16. The van der Waals surface area contributed by atoms with Crippen LogP contribution in [-0.2, 0) is 23.1 Å². The molecule has 3 heteroatoms. The molecule has 1 aromatic carbocycles. The number of thiophene rings is 1. The fourth-order valence-corrected chi connectivity index (χ4v) is 3.10. The molecule has 0 saturated carbocycles. The molecule has 0 amide bonds. The van der Waals surface area contributed by atoms with Gasteiger partial charge in [0.15, 0.2) is 0 Å². The van der Waals surface area contributed by atoms with Crippen LogP contribution in [0.4, 0.5) is 5.69 Å². The normalized spacial score (nSPS) is 11.6. The fourth-order valence-electron chi connectivity index (χ4n) is 2.15. The highest BCUT2D eigenvalue weighted by Crippen LogP contribution is 2.28. The minimum absolute atomic E-state index is 0.242. The second kappa shape index (κ2) is 5.80. The zero-order chi connectivity index (χ0) is 14.8. The molecule has 1 heterocycles. The van der Waals surface area contributed by atoms with Crippen LogP contribution < -0.4 is 5.73 Å². The van der Waals surface area contributed by atoms with Gasteiger partial charge in [-0.1, -0.05) is 19.1 Å². The molecular formula is C17H21NOS. The van der Waals surface area contributed by atoms with Crippen molar-refractivity contribution in [3.8, 4) is 0 Å². The van der Waals surface area contributed by atoms with Crippen molar-refractivity contribution in [2.24, 2.45) is 0 Å². The summed E-state index contributed by atoms with van der Waals surface area (Å²) >= 11 is 1.73. The molecule has 2 rings (SSSR count). The van der Waals surface area contributed by atoms with Gasteiger partial charge >= 0.3 is 0 Å². The number of nitrogens with two attached hydrogens (primary N) is 1. The summed E-state index contributed by atoms with van der Waals surface area (Å²) < 4.78 is 0. The summed E-state index contributed by atoms with van der Waals surface area (Å²) in [6.07, 6.45) is 1.53. The van der Waals surface area contributed by atoms with Crippen LogP contribution in [-0.4, -0.2) is 5.78 Å². The van der Waals surface area contributed by atoms with E-state index in [4.69, 9.17) is 5.73 Å². The molecule has 0 atom stereocenters. The summed E-state index contributed by atoms with van der Waals surface area (Å²) in [5.74, 6) is 0.242. The lowest BCUT2D eigenvalue weighted by molar-refractivity contribution is -0.122. The molecule has 0 aliphatic rings. The lowest BCUT2D eigenvalue weighted by Gasteiger charge is -2.23. The fraction of sp³-hybridized carbons (Fsp3) is 0.353. The van der Waals surface area contributed by atoms with Gasteiger partial charge in [-0.25, -0.2) is 0 Å². The molecule has 0 aliphatic carbocycles. The average molecular weight is 287 g/mol. The highest BCUT2D eigenvalue weighted by molar-refractivity contribution is 7.12. The molecule has 0 saturated heterocycles. The van der Waals surface area contributed by atoms with Crippen LogP contribution in [0, 0.1) is 0 Å². The topological polar surface area (TPSA) is 43.1 Å². The summed E-state index contributed by atoms with van der Waals surface area (Å²) in [6.45, 7) is 6.10. The number of anilines is 1. The largest absolute Gasteiger partial charge is 0.399 e. The molecule has 0 radical (unpaired) electrons. The molecule has 0 unspecified atom stereocenters. The van der Waals surface area contributed by atoms with Crippen LogP contribution in [0.25, 0.3) is 0 Å². The molecule has 0 spiro atoms. The maximum Gasteiger partial charge on any atom is 0.148 e. The first-order valence-corrected chi connectivity index (χ1v) is 7.72. The average Bonchev–Trinajstić information content (AvgIpc) is 2.87. The Morgan fingerprint density at radius 3 is 2.25 bits per heavy atom. The number of carbonyl (C=O) groups is 1. The Bertz CT molecular complexity index is 596. The first-order chi connectivity index (χ1) is 9.43. The van der Waals surface area contributed by atoms with Gasteiger partial charge in [-0.05, 0) is 50.1 Å². The highest BCUT2D eigenvalue weighted by atomic mass is 32.1. The SMILES string of the molecule is CCc1ccc(CC(=O)C(C)(C)c2ccc(N)cc2)s1. The summed E-state index contributed by atoms with van der Waals surface area (Å²) in [5.41, 5.74) is 6.96. The number of rotatable bonds is 5. The molecular weight excluding hydrogens is 266 g/mol. The van der Waals surface area contributed by atoms with Crippen LogP contribution in [0.15, 0.2) is 36.4 Å². The van der Waals surface area contributed by atoms with Crippen molar-refractivity contribution in [1.29, 1.82) is 0 Å². The van der Waals surface area contributed by atoms with Gasteiger partial charge in [-0.2, -0.15) is 0 Å². The van der Waals surface area contributed by atoms with Crippen molar-refractivity contribution < 1.29 is 4.79 Å². The number of hydrogen-bond donors (Lipinski definition) is 1. The van der Waals surface area contributed by atoms with Crippen LogP contribution in [0.2, 0.25) is 0 Å². The molecule has 1 aromatic heterocycles. The number of carbonyl (C=O) groups excluding carboxylic acids is 1. The molecule has 2 nitrogen and oxygen atoms in total. The van der Waals surface area contributed by atoms with E-state index in [-0.39, 0.29) is 5.78 Å². The first kappa shape index (κ1) is 14.8. The van der Waals surface area contributed by atoms with Crippen LogP contribution in [0.1, 0.15) is 36.1 Å². The Hall–Kier alpha value is -1.61. The smallest absolute Gasteiger partial charge is 0.148 e. The van der Waals surface area contributed by atoms with E-state index in [2.05, 4.69) is 19.1 Å². The quantitative estimate of drug-likeness (QED) is 0.845. The van der Waals surface area contributed by atoms with Gasteiger partial charge in [0, 0.05) is 27.3 Å². The van der Waals surface area contributed by atoms with Crippen molar-refractivity contribution in [2.75, 3.05) is 5.73 Å². The summed E-state index contributed by atoms with van der Waals surface area (Å²) in [7, 11) is 0. The lowest BCUT2D eigenvalue weighted by Crippen LogP contribution is -2.30. The molecule has 106 valence electrons. The maximum atomic E-state index is 12.6. The van der Waals surface area contributed by atoms with Crippen LogP contribution >= 0.6 is 11.3 Å². The first-order valence-electron chi connectivity index (χ1n) is 6.90. The van der Waals surface area contributed by atoms with Gasteiger partial charge in [0.25, 0.3) is 0 Å². The van der Waals surface area contributed by atoms with Crippen LogP contribution in [0.3, 0.4) is 0 Å². The molecule has 2 aromatic rings. The van der Waals surface area contributed by atoms with Crippen LogP contribution in [0.5, 0.6) is 0 Å². The van der Waals surface area contributed by atoms with Gasteiger partial charge in [0.05, 0.1) is 0 Å². The highest BCUT2D eigenvalue weighted by Gasteiger charge is 2.29. The van der Waals surface area contributed by atoms with Gasteiger partial charge < -0.3 is 5.73 Å². The van der Waals surface area contributed by atoms with E-state index in [9.17, 15) is 4.79 Å². The monoisotopic (exact) mass is 287 g/mol. The van der Waals surface area contributed by atoms with Gasteiger partial charge in [0.2, 0.25) is 0 Å². The predicted molar refractivity (Wildman–Crippen MR) is 86.3 cm³/mol. The second-order valence-electron chi connectivity index (χ2n) is 5.57. The lowest BCUT2D eigenvalue weighted by atomic mass is 9.79. The van der Waals surface area contributed by atoms with Crippen molar-refractivity contribution in [3.05, 3.63) is 51.7 Å². The summed E-state index contributed by atoms with van der Waals surface area (Å²) in [6, 6.07) is 11.8. The number of nitrogen functional groups attached to an aromatic ring is 1. The predicted octanol–water partition coefficient (Wildman–Crippen LogP) is 3.98. The summed E-state index contributed by atoms with van der Waals surface area (Å²) in [5, 5.41) is 0. The Labute approximate surface area is 124 Å². The Morgan fingerprint density at radius 2 is 1.70 bits per heavy atom. The third kappa shape index (κ3) is 3.10. The standard InChI is InChI=1S/C17H21NOS/c1-4-14-9-10-15(20-14)11-16(19)17(2,3)12-5-7-13(18)8-6-12/h5-10H,4,11,18H2,1-3H3. The number of ketones is 1. The molecule has 20 heavy (non-hydrogen) atoms. The second-order valence-corrected chi connectivity index (χ2v) is 6.82. The molecule has 2 N–H and O–H groups in total. The molecule has 0 bridgehead atoms. The number of benzene rings is 1. The third-order valence-electron chi connectivity index (χ3n) is 3.73. The Morgan fingerprint density at radius 1 is 1.10 bits per heavy atom. The van der Waals surface area contributed by atoms with E-state index in [0.717, 1.165) is 22.5 Å². The maximum absolute atomic E-state index is 12.6. The molecule has 0 fully saturated rings.